The Labute approximate surface area is 119 Å². The molecular weight excluding hydrogens is 316 g/mol. The smallest absolute Gasteiger partial charge is 0.224 e. The van der Waals surface area contributed by atoms with Gasteiger partial charge in [0.1, 0.15) is 16.7 Å². The molecule has 5 heteroatoms. The van der Waals surface area contributed by atoms with Gasteiger partial charge in [-0.3, -0.25) is 0 Å². The number of hydrogen-bond donors (Lipinski definition) is 0. The molecule has 2 aromatic rings. The van der Waals surface area contributed by atoms with Crippen LogP contribution in [0.1, 0.15) is 18.3 Å². The Morgan fingerprint density at radius 1 is 1.28 bits per heavy atom. The molecule has 0 saturated carbocycles. The summed E-state index contributed by atoms with van der Waals surface area (Å²) in [5, 5.41) is 0.394. The van der Waals surface area contributed by atoms with Crippen molar-refractivity contribution < 1.29 is 4.74 Å². The molecule has 0 saturated heterocycles. The van der Waals surface area contributed by atoms with E-state index in [1.807, 2.05) is 32.0 Å². The Morgan fingerprint density at radius 3 is 2.72 bits per heavy atom. The summed E-state index contributed by atoms with van der Waals surface area (Å²) >= 11 is 9.36. The lowest BCUT2D eigenvalue weighted by atomic mass is 10.2. The first-order valence-electron chi connectivity index (χ1n) is 5.56. The fraction of sp³-hybridized carbons (Fsp3) is 0.231. The summed E-state index contributed by atoms with van der Waals surface area (Å²) in [5.41, 5.74) is 1.10. The lowest BCUT2D eigenvalue weighted by Gasteiger charge is -2.07. The van der Waals surface area contributed by atoms with Gasteiger partial charge in [-0.25, -0.2) is 4.98 Å². The average molecular weight is 328 g/mol. The Morgan fingerprint density at radius 2 is 2.06 bits per heavy atom. The molecule has 94 valence electrons. The molecule has 0 aliphatic heterocycles. The number of hydrogen-bond acceptors (Lipinski definition) is 3. The highest BCUT2D eigenvalue weighted by atomic mass is 79.9. The first kappa shape index (κ1) is 13.3. The first-order valence-corrected chi connectivity index (χ1v) is 6.73. The zero-order valence-corrected chi connectivity index (χ0v) is 12.4. The van der Waals surface area contributed by atoms with E-state index in [9.17, 15) is 0 Å². The zero-order chi connectivity index (χ0) is 13.1. The van der Waals surface area contributed by atoms with E-state index in [1.54, 1.807) is 6.07 Å². The van der Waals surface area contributed by atoms with Crippen LogP contribution in [-0.4, -0.2) is 9.97 Å². The van der Waals surface area contributed by atoms with E-state index in [0.29, 0.717) is 16.9 Å². The van der Waals surface area contributed by atoms with Crippen LogP contribution >= 0.6 is 27.5 Å². The van der Waals surface area contributed by atoms with Gasteiger partial charge in [0.25, 0.3) is 0 Å². The second kappa shape index (κ2) is 5.67. The van der Waals surface area contributed by atoms with Crippen molar-refractivity contribution in [2.75, 3.05) is 0 Å². The van der Waals surface area contributed by atoms with Gasteiger partial charge in [0.05, 0.1) is 0 Å². The number of ether oxygens (including phenoxy) is 1. The van der Waals surface area contributed by atoms with Gasteiger partial charge in [0.15, 0.2) is 0 Å². The summed E-state index contributed by atoms with van der Waals surface area (Å²) in [6, 6.07) is 7.36. The predicted molar refractivity (Wildman–Crippen MR) is 75.4 cm³/mol. The fourth-order valence-corrected chi connectivity index (χ4v) is 1.89. The molecule has 3 nitrogen and oxygen atoms in total. The summed E-state index contributed by atoms with van der Waals surface area (Å²) in [6.07, 6.45) is 0.719. The standard InChI is InChI=1S/C13H12BrClN2O/c1-3-12-16-11(15)7-13(17-12)18-9-4-5-10(14)8(2)6-9/h4-7H,3H2,1-2H3. The van der Waals surface area contributed by atoms with Crippen LogP contribution < -0.4 is 4.74 Å². The summed E-state index contributed by atoms with van der Waals surface area (Å²) in [5.74, 6) is 1.87. The summed E-state index contributed by atoms with van der Waals surface area (Å²) in [6.45, 7) is 3.97. The Balaban J connectivity index is 2.27. The molecule has 18 heavy (non-hydrogen) atoms. The van der Waals surface area contributed by atoms with Crippen LogP contribution in [0.5, 0.6) is 11.6 Å². The van der Waals surface area contributed by atoms with Gasteiger partial charge in [-0.05, 0) is 30.7 Å². The van der Waals surface area contributed by atoms with E-state index in [1.165, 1.54) is 0 Å². The van der Waals surface area contributed by atoms with Gasteiger partial charge >= 0.3 is 0 Å². The van der Waals surface area contributed by atoms with Gasteiger partial charge in [0.2, 0.25) is 5.88 Å². The van der Waals surface area contributed by atoms with Crippen molar-refractivity contribution in [2.24, 2.45) is 0 Å². The van der Waals surface area contributed by atoms with E-state index in [2.05, 4.69) is 25.9 Å². The van der Waals surface area contributed by atoms with E-state index >= 15 is 0 Å². The maximum absolute atomic E-state index is 5.91. The van der Waals surface area contributed by atoms with Crippen molar-refractivity contribution in [3.8, 4) is 11.6 Å². The van der Waals surface area contributed by atoms with Gasteiger partial charge in [-0.2, -0.15) is 4.98 Å². The highest BCUT2D eigenvalue weighted by molar-refractivity contribution is 9.10. The lowest BCUT2D eigenvalue weighted by Crippen LogP contribution is -1.96. The van der Waals surface area contributed by atoms with Gasteiger partial charge in [0, 0.05) is 17.0 Å². The minimum absolute atomic E-state index is 0.394. The molecule has 0 fully saturated rings. The summed E-state index contributed by atoms with van der Waals surface area (Å²) in [7, 11) is 0. The van der Waals surface area contributed by atoms with Gasteiger partial charge in [-0.15, -0.1) is 0 Å². The summed E-state index contributed by atoms with van der Waals surface area (Å²) < 4.78 is 6.73. The molecular formula is C13H12BrClN2O. The highest BCUT2D eigenvalue weighted by Gasteiger charge is 2.05. The number of benzene rings is 1. The molecule has 1 heterocycles. The number of rotatable bonds is 3. The van der Waals surface area contributed by atoms with Crippen molar-refractivity contribution in [3.05, 3.63) is 45.3 Å². The van der Waals surface area contributed by atoms with Crippen molar-refractivity contribution in [3.63, 3.8) is 0 Å². The maximum Gasteiger partial charge on any atom is 0.224 e. The van der Waals surface area contributed by atoms with Crippen molar-refractivity contribution in [1.29, 1.82) is 0 Å². The van der Waals surface area contributed by atoms with Crippen LogP contribution in [0.15, 0.2) is 28.7 Å². The number of halogens is 2. The van der Waals surface area contributed by atoms with Gasteiger partial charge in [-0.1, -0.05) is 34.5 Å². The second-order valence-corrected chi connectivity index (χ2v) is 5.05. The molecule has 1 aromatic heterocycles. The molecule has 0 unspecified atom stereocenters. The normalized spacial score (nSPS) is 10.4. The van der Waals surface area contributed by atoms with Crippen molar-refractivity contribution in [1.82, 2.24) is 9.97 Å². The third kappa shape index (κ3) is 3.21. The minimum atomic E-state index is 0.394. The van der Waals surface area contributed by atoms with Crippen LogP contribution in [0.3, 0.4) is 0 Å². The molecule has 0 aliphatic rings. The second-order valence-electron chi connectivity index (χ2n) is 3.81. The van der Waals surface area contributed by atoms with Crippen LogP contribution in [-0.2, 0) is 6.42 Å². The van der Waals surface area contributed by atoms with E-state index < -0.39 is 0 Å². The zero-order valence-electron chi connectivity index (χ0n) is 10.1. The monoisotopic (exact) mass is 326 g/mol. The van der Waals surface area contributed by atoms with Crippen molar-refractivity contribution in [2.45, 2.75) is 20.3 Å². The lowest BCUT2D eigenvalue weighted by molar-refractivity contribution is 0.458. The summed E-state index contributed by atoms with van der Waals surface area (Å²) in [4.78, 5) is 8.36. The molecule has 0 radical (unpaired) electrons. The minimum Gasteiger partial charge on any atom is -0.439 e. The molecule has 2 rings (SSSR count). The Bertz CT molecular complexity index is 575. The first-order chi connectivity index (χ1) is 8.58. The SMILES string of the molecule is CCc1nc(Cl)cc(Oc2ccc(Br)c(C)c2)n1. The third-order valence-electron chi connectivity index (χ3n) is 2.39. The molecule has 0 aliphatic carbocycles. The molecule has 0 N–H and O–H groups in total. The van der Waals surface area contributed by atoms with Gasteiger partial charge < -0.3 is 4.74 Å². The van der Waals surface area contributed by atoms with Crippen LogP contribution in [0.2, 0.25) is 5.15 Å². The van der Waals surface area contributed by atoms with Crippen LogP contribution in [0.25, 0.3) is 0 Å². The topological polar surface area (TPSA) is 35.0 Å². The molecule has 0 amide bonds. The average Bonchev–Trinajstić information content (AvgIpc) is 2.33. The molecule has 0 spiro atoms. The van der Waals surface area contributed by atoms with E-state index in [-0.39, 0.29) is 0 Å². The Hall–Kier alpha value is -1.13. The predicted octanol–water partition coefficient (Wildman–Crippen LogP) is 4.56. The Kier molecular flexibility index (Phi) is 4.19. The van der Waals surface area contributed by atoms with Crippen LogP contribution in [0.4, 0.5) is 0 Å². The fourth-order valence-electron chi connectivity index (χ4n) is 1.45. The van der Waals surface area contributed by atoms with E-state index in [0.717, 1.165) is 22.2 Å². The molecule has 0 bridgehead atoms. The molecule has 1 aromatic carbocycles. The number of aryl methyl sites for hydroxylation is 2. The van der Waals surface area contributed by atoms with Crippen LogP contribution in [0, 0.1) is 6.92 Å². The number of nitrogens with zero attached hydrogens (tertiary/aromatic N) is 2. The third-order valence-corrected chi connectivity index (χ3v) is 3.47. The van der Waals surface area contributed by atoms with Crippen molar-refractivity contribution >= 4 is 27.5 Å². The maximum atomic E-state index is 5.91. The largest absolute Gasteiger partial charge is 0.439 e. The number of aromatic nitrogens is 2. The quantitative estimate of drug-likeness (QED) is 0.775. The van der Waals surface area contributed by atoms with E-state index in [4.69, 9.17) is 16.3 Å². The molecule has 0 atom stereocenters. The highest BCUT2D eigenvalue weighted by Crippen LogP contribution is 2.26.